The Morgan fingerprint density at radius 1 is 1.26 bits per heavy atom. The summed E-state index contributed by atoms with van der Waals surface area (Å²) in [6.07, 6.45) is 3.89. The van der Waals surface area contributed by atoms with Gasteiger partial charge >= 0.3 is 0 Å². The van der Waals surface area contributed by atoms with Crippen LogP contribution in [-0.4, -0.2) is 42.2 Å². The maximum atomic E-state index is 12.9. The number of allylic oxidation sites excluding steroid dienone is 1. The van der Waals surface area contributed by atoms with Gasteiger partial charge in [-0.2, -0.15) is 0 Å². The highest BCUT2D eigenvalue weighted by atomic mass is 35.5. The molecule has 0 saturated carbocycles. The molecule has 0 bridgehead atoms. The first kappa shape index (κ1) is 25.4. The third kappa shape index (κ3) is 5.81. The van der Waals surface area contributed by atoms with Crippen LogP contribution in [0.25, 0.3) is 6.08 Å². The van der Waals surface area contributed by atoms with Crippen LogP contribution in [0, 0.1) is 6.92 Å². The maximum absolute atomic E-state index is 12.9. The van der Waals surface area contributed by atoms with Crippen LogP contribution < -0.4 is 14.8 Å². The van der Waals surface area contributed by atoms with Crippen molar-refractivity contribution in [3.8, 4) is 11.5 Å². The second-order valence-corrected chi connectivity index (χ2v) is 8.84. The van der Waals surface area contributed by atoms with Gasteiger partial charge in [-0.3, -0.25) is 19.3 Å². The molecule has 0 aliphatic carbocycles. The van der Waals surface area contributed by atoms with Gasteiger partial charge < -0.3 is 14.8 Å². The Morgan fingerprint density at radius 2 is 2.03 bits per heavy atom. The summed E-state index contributed by atoms with van der Waals surface area (Å²) in [6.45, 7) is 7.49. The molecule has 0 spiro atoms. The van der Waals surface area contributed by atoms with Crippen molar-refractivity contribution in [3.63, 3.8) is 0 Å². The standard InChI is InChI=1S/C25H25ClN2O5S/c1-5-7-17-10-16(11-20(33-6-2)23(17)32-4)12-21-24(30)28(25(31)34-21)14-22(29)27-19-13-18(26)9-8-15(19)3/h5,8-13H,1,6-7,14H2,2-4H3,(H,27,29)/b21-12+. The number of amides is 3. The number of halogens is 1. The average Bonchev–Trinajstić information content (AvgIpc) is 3.04. The van der Waals surface area contributed by atoms with Crippen LogP contribution in [0.1, 0.15) is 23.6 Å². The molecule has 0 unspecified atom stereocenters. The van der Waals surface area contributed by atoms with Gasteiger partial charge in [0.25, 0.3) is 11.1 Å². The molecule has 0 aromatic heterocycles. The number of rotatable bonds is 9. The Hall–Kier alpha value is -3.23. The number of carbonyl (C=O) groups is 3. The molecule has 34 heavy (non-hydrogen) atoms. The van der Waals surface area contributed by atoms with E-state index in [0.717, 1.165) is 27.8 Å². The zero-order chi connectivity index (χ0) is 24.8. The summed E-state index contributed by atoms with van der Waals surface area (Å²) < 4.78 is 11.2. The minimum Gasteiger partial charge on any atom is -0.493 e. The van der Waals surface area contributed by atoms with Crippen LogP contribution in [-0.2, 0) is 16.0 Å². The second kappa shape index (κ2) is 11.3. The molecule has 3 rings (SSSR count). The number of hydrogen-bond acceptors (Lipinski definition) is 6. The molecule has 0 radical (unpaired) electrons. The normalized spacial score (nSPS) is 14.5. The van der Waals surface area contributed by atoms with Gasteiger partial charge in [0, 0.05) is 16.3 Å². The zero-order valence-electron chi connectivity index (χ0n) is 19.1. The first-order chi connectivity index (χ1) is 16.3. The average molecular weight is 501 g/mol. The van der Waals surface area contributed by atoms with E-state index in [2.05, 4.69) is 11.9 Å². The molecule has 3 amide bonds. The lowest BCUT2D eigenvalue weighted by Crippen LogP contribution is -2.36. The topological polar surface area (TPSA) is 84.9 Å². The van der Waals surface area contributed by atoms with Crippen molar-refractivity contribution < 1.29 is 23.9 Å². The van der Waals surface area contributed by atoms with Crippen LogP contribution in [0.2, 0.25) is 5.02 Å². The van der Waals surface area contributed by atoms with Crippen molar-refractivity contribution in [1.29, 1.82) is 0 Å². The van der Waals surface area contributed by atoms with Crippen molar-refractivity contribution in [2.45, 2.75) is 20.3 Å². The lowest BCUT2D eigenvalue weighted by Gasteiger charge is -2.15. The summed E-state index contributed by atoms with van der Waals surface area (Å²) in [4.78, 5) is 39.1. The van der Waals surface area contributed by atoms with Crippen LogP contribution in [0.5, 0.6) is 11.5 Å². The van der Waals surface area contributed by atoms with Crippen LogP contribution in [0.3, 0.4) is 0 Å². The molecule has 1 aliphatic rings. The minimum absolute atomic E-state index is 0.217. The minimum atomic E-state index is -0.535. The Bertz CT molecular complexity index is 1180. The molecule has 0 atom stereocenters. The SMILES string of the molecule is C=CCc1cc(/C=C2/SC(=O)N(CC(=O)Nc3cc(Cl)ccc3C)C2=O)cc(OCC)c1OC. The van der Waals surface area contributed by atoms with E-state index in [-0.39, 0.29) is 4.91 Å². The predicted octanol–water partition coefficient (Wildman–Crippen LogP) is 5.46. The van der Waals surface area contributed by atoms with Crippen LogP contribution in [0.4, 0.5) is 10.5 Å². The van der Waals surface area contributed by atoms with E-state index in [9.17, 15) is 14.4 Å². The van der Waals surface area contributed by atoms with Gasteiger partial charge in [-0.25, -0.2) is 0 Å². The smallest absolute Gasteiger partial charge is 0.294 e. The largest absolute Gasteiger partial charge is 0.493 e. The highest BCUT2D eigenvalue weighted by Gasteiger charge is 2.36. The number of aryl methyl sites for hydroxylation is 1. The van der Waals surface area contributed by atoms with E-state index in [1.165, 1.54) is 0 Å². The number of carbonyl (C=O) groups excluding carboxylic acids is 3. The Balaban J connectivity index is 1.82. The number of nitrogens with one attached hydrogen (secondary N) is 1. The highest BCUT2D eigenvalue weighted by Crippen LogP contribution is 2.37. The summed E-state index contributed by atoms with van der Waals surface area (Å²) in [5.41, 5.74) is 2.85. The lowest BCUT2D eigenvalue weighted by atomic mass is 10.0. The van der Waals surface area contributed by atoms with Gasteiger partial charge in [0.1, 0.15) is 6.54 Å². The molecule has 2 aromatic carbocycles. The number of nitrogens with zero attached hydrogens (tertiary/aromatic N) is 1. The van der Waals surface area contributed by atoms with Gasteiger partial charge in [-0.1, -0.05) is 23.7 Å². The lowest BCUT2D eigenvalue weighted by molar-refractivity contribution is -0.127. The highest BCUT2D eigenvalue weighted by molar-refractivity contribution is 8.18. The first-order valence-electron chi connectivity index (χ1n) is 10.5. The van der Waals surface area contributed by atoms with Crippen molar-refractivity contribution in [2.75, 3.05) is 25.6 Å². The molecular formula is C25H25ClN2O5S. The summed E-state index contributed by atoms with van der Waals surface area (Å²) in [5, 5.41) is 2.66. The molecule has 9 heteroatoms. The number of hydrogen-bond donors (Lipinski definition) is 1. The maximum Gasteiger partial charge on any atom is 0.294 e. The first-order valence-corrected chi connectivity index (χ1v) is 11.7. The van der Waals surface area contributed by atoms with Gasteiger partial charge in [0.15, 0.2) is 11.5 Å². The van der Waals surface area contributed by atoms with E-state index in [4.69, 9.17) is 21.1 Å². The summed E-state index contributed by atoms with van der Waals surface area (Å²) in [7, 11) is 1.56. The number of anilines is 1. The Morgan fingerprint density at radius 3 is 2.71 bits per heavy atom. The third-order valence-electron chi connectivity index (χ3n) is 4.97. The summed E-state index contributed by atoms with van der Waals surface area (Å²) >= 11 is 6.77. The molecule has 1 saturated heterocycles. The molecule has 1 aliphatic heterocycles. The van der Waals surface area contributed by atoms with Crippen molar-refractivity contribution in [3.05, 3.63) is 69.6 Å². The number of benzene rings is 2. The molecule has 178 valence electrons. The quantitative estimate of drug-likeness (QED) is 0.363. The van der Waals surface area contributed by atoms with E-state index in [0.29, 0.717) is 40.8 Å². The van der Waals surface area contributed by atoms with Crippen molar-refractivity contribution in [2.24, 2.45) is 0 Å². The van der Waals surface area contributed by atoms with Crippen molar-refractivity contribution >= 4 is 52.2 Å². The van der Waals surface area contributed by atoms with Crippen LogP contribution in [0.15, 0.2) is 47.9 Å². The molecular weight excluding hydrogens is 476 g/mol. The van der Waals surface area contributed by atoms with Crippen LogP contribution >= 0.6 is 23.4 Å². The summed E-state index contributed by atoms with van der Waals surface area (Å²) in [6, 6.07) is 8.70. The molecule has 1 heterocycles. The molecule has 2 aromatic rings. The van der Waals surface area contributed by atoms with Gasteiger partial charge in [0.05, 0.1) is 18.6 Å². The molecule has 1 N–H and O–H groups in total. The van der Waals surface area contributed by atoms with Gasteiger partial charge in [0.2, 0.25) is 5.91 Å². The Kier molecular flexibility index (Phi) is 8.41. The van der Waals surface area contributed by atoms with Gasteiger partial charge in [-0.15, -0.1) is 6.58 Å². The van der Waals surface area contributed by atoms with E-state index in [1.807, 2.05) is 19.9 Å². The fourth-order valence-electron chi connectivity index (χ4n) is 3.42. The third-order valence-corrected chi connectivity index (χ3v) is 6.11. The number of methoxy groups -OCH3 is 1. The number of imide groups is 1. The van der Waals surface area contributed by atoms with E-state index in [1.54, 1.807) is 43.5 Å². The number of ether oxygens (including phenoxy) is 2. The Labute approximate surface area is 207 Å². The second-order valence-electron chi connectivity index (χ2n) is 7.41. The fourth-order valence-corrected chi connectivity index (χ4v) is 4.43. The summed E-state index contributed by atoms with van der Waals surface area (Å²) in [5.74, 6) is 0.100. The van der Waals surface area contributed by atoms with E-state index < -0.39 is 23.6 Å². The molecule has 1 fully saturated rings. The predicted molar refractivity (Wildman–Crippen MR) is 136 cm³/mol. The zero-order valence-corrected chi connectivity index (χ0v) is 20.7. The van der Waals surface area contributed by atoms with E-state index >= 15 is 0 Å². The monoisotopic (exact) mass is 500 g/mol. The van der Waals surface area contributed by atoms with Gasteiger partial charge in [-0.05, 0) is 73.5 Å². The fraction of sp³-hybridized carbons (Fsp3) is 0.240. The number of thioether (sulfide) groups is 1. The van der Waals surface area contributed by atoms with Crippen molar-refractivity contribution in [1.82, 2.24) is 4.90 Å². The molecule has 7 nitrogen and oxygen atoms in total.